The van der Waals surface area contributed by atoms with Crippen molar-refractivity contribution in [3.05, 3.63) is 35.4 Å². The van der Waals surface area contributed by atoms with Gasteiger partial charge in [0.15, 0.2) is 0 Å². The average Bonchev–Trinajstić information content (AvgIpc) is 2.87. The van der Waals surface area contributed by atoms with E-state index in [1.807, 2.05) is 0 Å². The molecule has 2 heterocycles. The van der Waals surface area contributed by atoms with Crippen molar-refractivity contribution in [1.29, 1.82) is 0 Å². The third-order valence-corrected chi connectivity index (χ3v) is 4.67. The second-order valence-corrected chi connectivity index (χ2v) is 6.08. The maximum absolute atomic E-state index is 13.4. The van der Waals surface area contributed by atoms with Crippen LogP contribution in [0.25, 0.3) is 0 Å². The third-order valence-electron chi connectivity index (χ3n) is 4.67. The number of halogens is 2. The lowest BCUT2D eigenvalue weighted by molar-refractivity contribution is -0.144. The van der Waals surface area contributed by atoms with Gasteiger partial charge in [0.2, 0.25) is 5.91 Å². The molecule has 1 spiro atoms. The number of carbonyl (C=O) groups is 2. The molecule has 22 heavy (non-hydrogen) atoms. The minimum atomic E-state index is -0.840. The van der Waals surface area contributed by atoms with E-state index in [9.17, 15) is 18.4 Å². The number of hydrogen-bond donors (Lipinski definition) is 0. The van der Waals surface area contributed by atoms with Crippen molar-refractivity contribution in [1.82, 2.24) is 9.80 Å². The first-order chi connectivity index (χ1) is 10.4. The Hall–Kier alpha value is -1.98. The normalized spacial score (nSPS) is 25.1. The Morgan fingerprint density at radius 3 is 2.32 bits per heavy atom. The van der Waals surface area contributed by atoms with Crippen LogP contribution in [0.4, 0.5) is 8.78 Å². The first kappa shape index (κ1) is 14.9. The second kappa shape index (κ2) is 5.34. The largest absolute Gasteiger partial charge is 0.344 e. The van der Waals surface area contributed by atoms with E-state index in [-0.39, 0.29) is 11.5 Å². The summed E-state index contributed by atoms with van der Waals surface area (Å²) in [6, 6.07) is 2.78. The molecule has 2 aliphatic heterocycles. The number of rotatable bonds is 1. The summed E-state index contributed by atoms with van der Waals surface area (Å²) in [5.74, 6) is -2.12. The topological polar surface area (TPSA) is 40.6 Å². The van der Waals surface area contributed by atoms with Crippen LogP contribution >= 0.6 is 0 Å². The first-order valence-electron chi connectivity index (χ1n) is 7.48. The molecule has 2 saturated heterocycles. The zero-order valence-corrected chi connectivity index (χ0v) is 12.4. The molecule has 2 aliphatic rings. The summed E-state index contributed by atoms with van der Waals surface area (Å²) in [5.41, 5.74) is -0.882. The number of likely N-dealkylation sites (tertiary alicyclic amines) is 2. The summed E-state index contributed by atoms with van der Waals surface area (Å²) >= 11 is 0. The molecule has 1 aromatic rings. The SMILES string of the molecule is CN1CCCC2(CCCN2C(=O)c2cc(F)cc(F)c2)C1=O. The van der Waals surface area contributed by atoms with Crippen LogP contribution in [0.2, 0.25) is 0 Å². The molecular weight excluding hydrogens is 290 g/mol. The zero-order chi connectivity index (χ0) is 15.9. The summed E-state index contributed by atoms with van der Waals surface area (Å²) < 4.78 is 26.7. The minimum Gasteiger partial charge on any atom is -0.344 e. The Morgan fingerprint density at radius 1 is 1.09 bits per heavy atom. The molecule has 1 unspecified atom stereocenters. The number of hydrogen-bond acceptors (Lipinski definition) is 2. The van der Waals surface area contributed by atoms with Crippen LogP contribution in [-0.2, 0) is 4.79 Å². The highest BCUT2D eigenvalue weighted by Gasteiger charge is 2.52. The predicted octanol–water partition coefficient (Wildman–Crippen LogP) is 2.19. The van der Waals surface area contributed by atoms with Crippen LogP contribution in [-0.4, -0.2) is 47.3 Å². The summed E-state index contributed by atoms with van der Waals surface area (Å²) in [6.45, 7) is 1.12. The first-order valence-corrected chi connectivity index (χ1v) is 7.48. The molecule has 2 amide bonds. The minimum absolute atomic E-state index is 0.0419. The lowest BCUT2D eigenvalue weighted by Crippen LogP contribution is -2.60. The molecule has 0 radical (unpaired) electrons. The Labute approximate surface area is 127 Å². The van der Waals surface area contributed by atoms with Crippen molar-refractivity contribution in [3.8, 4) is 0 Å². The van der Waals surface area contributed by atoms with Gasteiger partial charge in [0, 0.05) is 31.8 Å². The standard InChI is InChI=1S/C16H18F2N2O2/c1-19-6-2-4-16(15(19)22)5-3-7-20(16)14(21)11-8-12(17)10-13(18)9-11/h8-10H,2-7H2,1H3. The van der Waals surface area contributed by atoms with E-state index in [0.717, 1.165) is 31.0 Å². The van der Waals surface area contributed by atoms with E-state index < -0.39 is 23.1 Å². The molecule has 0 bridgehead atoms. The molecule has 4 nitrogen and oxygen atoms in total. The number of amides is 2. The molecular formula is C16H18F2N2O2. The van der Waals surface area contributed by atoms with Crippen LogP contribution in [0.5, 0.6) is 0 Å². The average molecular weight is 308 g/mol. The highest BCUT2D eigenvalue weighted by molar-refractivity contribution is 6.00. The molecule has 118 valence electrons. The predicted molar refractivity (Wildman–Crippen MR) is 76.2 cm³/mol. The van der Waals surface area contributed by atoms with E-state index in [4.69, 9.17) is 0 Å². The van der Waals surface area contributed by atoms with Gasteiger partial charge in [0.25, 0.3) is 5.91 Å². The number of likely N-dealkylation sites (N-methyl/N-ethyl adjacent to an activating group) is 1. The summed E-state index contributed by atoms with van der Waals surface area (Å²) in [5, 5.41) is 0. The van der Waals surface area contributed by atoms with E-state index in [1.54, 1.807) is 11.9 Å². The van der Waals surface area contributed by atoms with Gasteiger partial charge in [0.1, 0.15) is 17.2 Å². The van der Waals surface area contributed by atoms with Gasteiger partial charge < -0.3 is 9.80 Å². The van der Waals surface area contributed by atoms with E-state index in [2.05, 4.69) is 0 Å². The highest BCUT2D eigenvalue weighted by Crippen LogP contribution is 2.38. The van der Waals surface area contributed by atoms with Gasteiger partial charge in [-0.2, -0.15) is 0 Å². The van der Waals surface area contributed by atoms with Crippen molar-refractivity contribution < 1.29 is 18.4 Å². The summed E-state index contributed by atoms with van der Waals surface area (Å²) in [6.07, 6.45) is 2.77. The Morgan fingerprint density at radius 2 is 1.68 bits per heavy atom. The molecule has 6 heteroatoms. The molecule has 0 aromatic heterocycles. The number of carbonyl (C=O) groups excluding carboxylic acids is 2. The van der Waals surface area contributed by atoms with Crippen molar-refractivity contribution in [2.24, 2.45) is 0 Å². The molecule has 1 atom stereocenters. The number of nitrogens with zero attached hydrogens (tertiary/aromatic N) is 2. The van der Waals surface area contributed by atoms with Crippen molar-refractivity contribution in [2.75, 3.05) is 20.1 Å². The van der Waals surface area contributed by atoms with Gasteiger partial charge in [-0.3, -0.25) is 9.59 Å². The van der Waals surface area contributed by atoms with E-state index >= 15 is 0 Å². The third kappa shape index (κ3) is 2.26. The summed E-state index contributed by atoms with van der Waals surface area (Å²) in [4.78, 5) is 28.5. The monoisotopic (exact) mass is 308 g/mol. The fourth-order valence-electron chi connectivity index (χ4n) is 3.66. The molecule has 0 aliphatic carbocycles. The van der Waals surface area contributed by atoms with Crippen molar-refractivity contribution >= 4 is 11.8 Å². The molecule has 3 rings (SSSR count). The van der Waals surface area contributed by atoms with Gasteiger partial charge >= 0.3 is 0 Å². The Kier molecular flexibility index (Phi) is 3.62. The van der Waals surface area contributed by atoms with Gasteiger partial charge in [-0.15, -0.1) is 0 Å². The van der Waals surface area contributed by atoms with Crippen molar-refractivity contribution in [2.45, 2.75) is 31.2 Å². The van der Waals surface area contributed by atoms with Crippen LogP contribution in [0, 0.1) is 11.6 Å². The molecule has 0 N–H and O–H groups in total. The quantitative estimate of drug-likeness (QED) is 0.798. The smallest absolute Gasteiger partial charge is 0.254 e. The number of benzene rings is 1. The zero-order valence-electron chi connectivity index (χ0n) is 12.4. The Bertz CT molecular complexity index is 614. The maximum atomic E-state index is 13.4. The van der Waals surface area contributed by atoms with E-state index in [1.165, 1.54) is 4.90 Å². The van der Waals surface area contributed by atoms with Crippen LogP contribution < -0.4 is 0 Å². The Balaban J connectivity index is 1.96. The maximum Gasteiger partial charge on any atom is 0.254 e. The lowest BCUT2D eigenvalue weighted by atomic mass is 9.85. The van der Waals surface area contributed by atoms with Gasteiger partial charge in [-0.05, 0) is 37.8 Å². The summed E-state index contributed by atoms with van der Waals surface area (Å²) in [7, 11) is 1.73. The van der Waals surface area contributed by atoms with Crippen LogP contribution in [0.1, 0.15) is 36.0 Å². The van der Waals surface area contributed by atoms with Gasteiger partial charge in [-0.25, -0.2) is 8.78 Å². The fraction of sp³-hybridized carbons (Fsp3) is 0.500. The lowest BCUT2D eigenvalue weighted by Gasteiger charge is -2.43. The number of piperidine rings is 1. The van der Waals surface area contributed by atoms with Crippen molar-refractivity contribution in [3.63, 3.8) is 0 Å². The molecule has 0 saturated carbocycles. The molecule has 2 fully saturated rings. The van der Waals surface area contributed by atoms with Crippen LogP contribution in [0.15, 0.2) is 18.2 Å². The van der Waals surface area contributed by atoms with E-state index in [0.29, 0.717) is 25.9 Å². The van der Waals surface area contributed by atoms with Crippen LogP contribution in [0.3, 0.4) is 0 Å². The van der Waals surface area contributed by atoms with Gasteiger partial charge in [0.05, 0.1) is 0 Å². The highest BCUT2D eigenvalue weighted by atomic mass is 19.1. The molecule has 1 aromatic carbocycles. The second-order valence-electron chi connectivity index (χ2n) is 6.08. The fourth-order valence-corrected chi connectivity index (χ4v) is 3.66. The van der Waals surface area contributed by atoms with Gasteiger partial charge in [-0.1, -0.05) is 0 Å².